The zero-order chi connectivity index (χ0) is 17.9. The van der Waals surface area contributed by atoms with E-state index < -0.39 is 54.4 Å². The van der Waals surface area contributed by atoms with Crippen molar-refractivity contribution < 1.29 is 33.6 Å². The number of carbonyl (C=O) groups is 1. The van der Waals surface area contributed by atoms with Crippen LogP contribution in [-0.2, 0) is 28.5 Å². The van der Waals surface area contributed by atoms with E-state index >= 15 is 0 Å². The maximum Gasteiger partial charge on any atom is 0.217 e. The molecular weight excluding hydrogens is 318 g/mol. The molecule has 0 radical (unpaired) electrons. The lowest BCUT2D eigenvalue weighted by Gasteiger charge is -2.41. The smallest absolute Gasteiger partial charge is 0.217 e. The Hall–Kier alpha value is -0.770. The van der Waals surface area contributed by atoms with Gasteiger partial charge in [-0.15, -0.1) is 0 Å². The molecule has 24 heavy (non-hydrogen) atoms. The van der Waals surface area contributed by atoms with Gasteiger partial charge in [0.1, 0.15) is 24.4 Å². The van der Waals surface area contributed by atoms with Crippen LogP contribution < -0.4 is 5.32 Å². The Morgan fingerprint density at radius 1 is 1.00 bits per heavy atom. The predicted molar refractivity (Wildman–Crippen MR) is 81.8 cm³/mol. The second kappa shape index (κ2) is 5.89. The second-order valence-electron chi connectivity index (χ2n) is 7.60. The van der Waals surface area contributed by atoms with E-state index in [1.807, 2.05) is 13.8 Å². The van der Waals surface area contributed by atoms with Crippen LogP contribution in [-0.4, -0.2) is 65.4 Å². The van der Waals surface area contributed by atoms with E-state index in [1.54, 1.807) is 20.8 Å². The molecule has 1 amide bonds. The minimum Gasteiger partial charge on any atom is -0.391 e. The second-order valence-corrected chi connectivity index (χ2v) is 7.60. The minimum atomic E-state index is -0.834. The first-order chi connectivity index (χ1) is 11.0. The molecular formula is C16H27NO7. The summed E-state index contributed by atoms with van der Waals surface area (Å²) in [5, 5.41) is 12.9. The summed E-state index contributed by atoms with van der Waals surface area (Å²) >= 11 is 0. The maximum atomic E-state index is 11.5. The lowest BCUT2D eigenvalue weighted by Crippen LogP contribution is -2.63. The van der Waals surface area contributed by atoms with Crippen molar-refractivity contribution in [1.82, 2.24) is 5.32 Å². The molecule has 2 N–H and O–H groups in total. The molecule has 0 aromatic carbocycles. The van der Waals surface area contributed by atoms with Gasteiger partial charge in [0.25, 0.3) is 0 Å². The average Bonchev–Trinajstić information content (AvgIpc) is 2.89. The lowest BCUT2D eigenvalue weighted by atomic mass is 9.91. The van der Waals surface area contributed by atoms with Crippen LogP contribution in [0.5, 0.6) is 0 Å². The Balaban J connectivity index is 1.90. The number of fused-ring (bicyclic) bond motifs is 3. The van der Waals surface area contributed by atoms with Crippen LogP contribution >= 0.6 is 0 Å². The molecule has 7 atom stereocenters. The highest BCUT2D eigenvalue weighted by atomic mass is 16.9. The van der Waals surface area contributed by atoms with Gasteiger partial charge in [0.2, 0.25) is 5.91 Å². The van der Waals surface area contributed by atoms with Crippen molar-refractivity contribution in [1.29, 1.82) is 0 Å². The van der Waals surface area contributed by atoms with Gasteiger partial charge in [-0.05, 0) is 34.6 Å². The quantitative estimate of drug-likeness (QED) is 0.758. The van der Waals surface area contributed by atoms with Gasteiger partial charge in [-0.1, -0.05) is 0 Å². The molecule has 3 fully saturated rings. The van der Waals surface area contributed by atoms with Gasteiger partial charge in [-0.3, -0.25) is 4.79 Å². The molecule has 138 valence electrons. The first-order valence-corrected chi connectivity index (χ1v) is 8.31. The molecule has 0 aromatic heterocycles. The van der Waals surface area contributed by atoms with Crippen LogP contribution in [0.3, 0.4) is 0 Å². The van der Waals surface area contributed by atoms with E-state index in [1.165, 1.54) is 6.92 Å². The van der Waals surface area contributed by atoms with E-state index in [0.717, 1.165) is 0 Å². The summed E-state index contributed by atoms with van der Waals surface area (Å²) in [6.07, 6.45) is -3.46. The van der Waals surface area contributed by atoms with Crippen molar-refractivity contribution in [2.45, 2.75) is 96.0 Å². The molecule has 0 unspecified atom stereocenters. The Kier molecular flexibility index (Phi) is 4.43. The van der Waals surface area contributed by atoms with Crippen molar-refractivity contribution in [2.75, 3.05) is 0 Å². The molecule has 3 aliphatic heterocycles. The van der Waals surface area contributed by atoms with Crippen molar-refractivity contribution >= 4 is 5.91 Å². The van der Waals surface area contributed by atoms with Crippen LogP contribution in [0.15, 0.2) is 0 Å². The fourth-order valence-corrected chi connectivity index (χ4v) is 3.64. The van der Waals surface area contributed by atoms with Gasteiger partial charge in [-0.2, -0.15) is 0 Å². The van der Waals surface area contributed by atoms with Gasteiger partial charge in [0, 0.05) is 6.92 Å². The third-order valence-corrected chi connectivity index (χ3v) is 4.43. The largest absolute Gasteiger partial charge is 0.391 e. The number of aliphatic hydroxyl groups is 1. The van der Waals surface area contributed by atoms with Gasteiger partial charge in [0.05, 0.1) is 12.1 Å². The van der Waals surface area contributed by atoms with E-state index in [2.05, 4.69) is 5.32 Å². The van der Waals surface area contributed by atoms with Crippen molar-refractivity contribution in [3.8, 4) is 0 Å². The third-order valence-electron chi connectivity index (χ3n) is 4.43. The first kappa shape index (κ1) is 18.0. The van der Waals surface area contributed by atoms with Crippen LogP contribution in [0.25, 0.3) is 0 Å². The summed E-state index contributed by atoms with van der Waals surface area (Å²) in [4.78, 5) is 11.5. The maximum absolute atomic E-state index is 11.5. The summed E-state index contributed by atoms with van der Waals surface area (Å²) in [6.45, 7) is 10.2. The summed E-state index contributed by atoms with van der Waals surface area (Å²) in [6, 6.07) is -0.652. The zero-order valence-corrected chi connectivity index (χ0v) is 14.9. The number of hydrogen-bond acceptors (Lipinski definition) is 7. The molecule has 8 heteroatoms. The highest BCUT2D eigenvalue weighted by Crippen LogP contribution is 2.44. The fourth-order valence-electron chi connectivity index (χ4n) is 3.64. The van der Waals surface area contributed by atoms with Crippen molar-refractivity contribution in [3.05, 3.63) is 0 Å². The molecule has 3 aliphatic rings. The standard InChI is InChI=1S/C16H27NO7/c1-7(18)9(17-8(2)19)10-11-12(22-15(3,4)21-11)13-14(20-10)24-16(5,6)23-13/h7,9-14,18H,1-6H3,(H,17,19)/t7-,9-,10-,11+,12+,13-,14-/m1/s1. The molecule has 0 aliphatic carbocycles. The Labute approximate surface area is 141 Å². The van der Waals surface area contributed by atoms with E-state index in [0.29, 0.717) is 0 Å². The Morgan fingerprint density at radius 3 is 2.12 bits per heavy atom. The number of nitrogens with one attached hydrogen (secondary N) is 1. The third kappa shape index (κ3) is 3.31. The van der Waals surface area contributed by atoms with E-state index in [4.69, 9.17) is 23.7 Å². The molecule has 3 rings (SSSR count). The number of aliphatic hydroxyl groups excluding tert-OH is 1. The molecule has 3 saturated heterocycles. The zero-order valence-electron chi connectivity index (χ0n) is 14.9. The predicted octanol–water partition coefficient (Wildman–Crippen LogP) is 0.268. The molecule has 0 bridgehead atoms. The number of carbonyl (C=O) groups excluding carboxylic acids is 1. The fraction of sp³-hybridized carbons (Fsp3) is 0.938. The van der Waals surface area contributed by atoms with Crippen LogP contribution in [0, 0.1) is 0 Å². The molecule has 0 saturated carbocycles. The van der Waals surface area contributed by atoms with Gasteiger partial charge in [0.15, 0.2) is 17.9 Å². The van der Waals surface area contributed by atoms with Crippen LogP contribution in [0.4, 0.5) is 0 Å². The van der Waals surface area contributed by atoms with Crippen LogP contribution in [0.2, 0.25) is 0 Å². The summed E-state index contributed by atoms with van der Waals surface area (Å²) in [5.74, 6) is -1.88. The normalized spacial score (nSPS) is 42.0. The highest BCUT2D eigenvalue weighted by molar-refractivity contribution is 5.73. The molecule has 0 spiro atoms. The molecule has 8 nitrogen and oxygen atoms in total. The SMILES string of the molecule is CC(=O)N[C@@H]([C@H]1O[C@@H]2OC(C)(C)O[C@@H]2[C@H]2OC(C)(C)O[C@H]21)[C@@H](C)O. The number of amides is 1. The van der Waals surface area contributed by atoms with Crippen molar-refractivity contribution in [3.63, 3.8) is 0 Å². The first-order valence-electron chi connectivity index (χ1n) is 8.31. The van der Waals surface area contributed by atoms with Gasteiger partial charge in [-0.25, -0.2) is 0 Å². The number of ether oxygens (including phenoxy) is 5. The topological polar surface area (TPSA) is 95.5 Å². The summed E-state index contributed by atoms with van der Waals surface area (Å²) in [7, 11) is 0. The highest BCUT2D eigenvalue weighted by Gasteiger charge is 2.62. The van der Waals surface area contributed by atoms with Crippen molar-refractivity contribution in [2.24, 2.45) is 0 Å². The van der Waals surface area contributed by atoms with Crippen LogP contribution in [0.1, 0.15) is 41.5 Å². The molecule has 0 aromatic rings. The summed E-state index contributed by atoms with van der Waals surface area (Å²) < 4.78 is 29.8. The number of rotatable bonds is 3. The lowest BCUT2D eigenvalue weighted by molar-refractivity contribution is -0.244. The Bertz CT molecular complexity index is 507. The Morgan fingerprint density at radius 2 is 1.54 bits per heavy atom. The number of hydrogen-bond donors (Lipinski definition) is 2. The molecule has 3 heterocycles. The van der Waals surface area contributed by atoms with E-state index in [-0.39, 0.29) is 5.91 Å². The average molecular weight is 345 g/mol. The van der Waals surface area contributed by atoms with Gasteiger partial charge < -0.3 is 34.1 Å². The summed E-state index contributed by atoms with van der Waals surface area (Å²) in [5.41, 5.74) is 0. The minimum absolute atomic E-state index is 0.259. The monoisotopic (exact) mass is 345 g/mol. The van der Waals surface area contributed by atoms with Gasteiger partial charge >= 0.3 is 0 Å². The van der Waals surface area contributed by atoms with E-state index in [9.17, 15) is 9.90 Å².